The maximum atomic E-state index is 13.2. The zero-order valence-electron chi connectivity index (χ0n) is 13.9. The Morgan fingerprint density at radius 1 is 1.28 bits per heavy atom. The first-order valence-corrected chi connectivity index (χ1v) is 7.38. The molecule has 134 valence electrons. The first-order chi connectivity index (χ1) is 11.7. The molecule has 0 spiro atoms. The van der Waals surface area contributed by atoms with Crippen LogP contribution in [0.4, 0.5) is 8.78 Å². The van der Waals surface area contributed by atoms with Crippen molar-refractivity contribution in [2.75, 3.05) is 7.05 Å². The number of benzene rings is 1. The highest BCUT2D eigenvalue weighted by molar-refractivity contribution is 5.88. The fourth-order valence-corrected chi connectivity index (χ4v) is 2.26. The number of likely N-dealkylation sites (N-methyl/N-ethyl adjacent to an activating group) is 1. The number of carbonyl (C=O) groups excluding carboxylic acids is 1. The lowest BCUT2D eigenvalue weighted by molar-refractivity contribution is -0.137. The van der Waals surface area contributed by atoms with Crippen molar-refractivity contribution in [3.05, 3.63) is 53.0 Å². The molecule has 1 heterocycles. The van der Waals surface area contributed by atoms with Gasteiger partial charge in [-0.1, -0.05) is 0 Å². The van der Waals surface area contributed by atoms with E-state index in [1.54, 1.807) is 0 Å². The number of halogens is 2. The Kier molecular flexibility index (Phi) is 5.41. The zero-order valence-corrected chi connectivity index (χ0v) is 13.9. The number of amides is 1. The number of aryl methyl sites for hydroxylation is 1. The highest BCUT2D eigenvalue weighted by Crippen LogP contribution is 2.19. The number of nitrogens with zero attached hydrogens (tertiary/aromatic N) is 1. The fourth-order valence-electron chi connectivity index (χ4n) is 2.26. The van der Waals surface area contributed by atoms with Gasteiger partial charge in [0.05, 0.1) is 6.54 Å². The summed E-state index contributed by atoms with van der Waals surface area (Å²) in [6.45, 7) is 3.03. The standard InChI is InChI=1S/C17H17F2NO5/c1-9-13(17(22)23)6-12(24-9)8-20(3)16(21)10(2)25-11-4-5-14(18)15(19)7-11/h4-7,10H,8H2,1-3H3,(H,22,23). The second kappa shape index (κ2) is 7.33. The lowest BCUT2D eigenvalue weighted by Crippen LogP contribution is -2.37. The molecule has 0 fully saturated rings. The largest absolute Gasteiger partial charge is 0.481 e. The SMILES string of the molecule is Cc1oc(CN(C)C(=O)C(C)Oc2ccc(F)c(F)c2)cc1C(=O)O. The van der Waals surface area contributed by atoms with Gasteiger partial charge < -0.3 is 19.2 Å². The van der Waals surface area contributed by atoms with Gasteiger partial charge in [0.1, 0.15) is 22.8 Å². The van der Waals surface area contributed by atoms with Crippen LogP contribution in [-0.4, -0.2) is 35.0 Å². The number of hydrogen-bond donors (Lipinski definition) is 1. The van der Waals surface area contributed by atoms with E-state index in [9.17, 15) is 18.4 Å². The molecule has 0 aliphatic heterocycles. The summed E-state index contributed by atoms with van der Waals surface area (Å²) in [7, 11) is 1.49. The minimum absolute atomic E-state index is 0.0233. The molecule has 0 aliphatic rings. The summed E-state index contributed by atoms with van der Waals surface area (Å²) < 4.78 is 36.7. The zero-order chi connectivity index (χ0) is 18.7. The third-order valence-electron chi connectivity index (χ3n) is 3.52. The van der Waals surface area contributed by atoms with E-state index in [2.05, 4.69) is 0 Å². The van der Waals surface area contributed by atoms with Gasteiger partial charge in [-0.05, 0) is 32.0 Å². The molecular weight excluding hydrogens is 336 g/mol. The summed E-state index contributed by atoms with van der Waals surface area (Å²) in [6, 6.07) is 4.33. The van der Waals surface area contributed by atoms with Crippen LogP contribution in [0, 0.1) is 18.6 Å². The molecule has 0 radical (unpaired) electrons. The van der Waals surface area contributed by atoms with Crippen molar-refractivity contribution in [3.8, 4) is 5.75 Å². The molecule has 1 aromatic carbocycles. The topological polar surface area (TPSA) is 80.0 Å². The molecule has 1 unspecified atom stereocenters. The van der Waals surface area contributed by atoms with Crippen LogP contribution >= 0.6 is 0 Å². The van der Waals surface area contributed by atoms with Crippen LogP contribution in [0.15, 0.2) is 28.7 Å². The second-order valence-corrected chi connectivity index (χ2v) is 5.52. The van der Waals surface area contributed by atoms with Gasteiger partial charge in [-0.15, -0.1) is 0 Å². The Bertz CT molecular complexity index is 802. The average Bonchev–Trinajstić information content (AvgIpc) is 2.90. The fraction of sp³-hybridized carbons (Fsp3) is 0.294. The van der Waals surface area contributed by atoms with Crippen LogP contribution in [0.2, 0.25) is 0 Å². The molecule has 25 heavy (non-hydrogen) atoms. The number of furan rings is 1. The molecule has 0 saturated heterocycles. The Labute approximate surface area is 142 Å². The van der Waals surface area contributed by atoms with Crippen molar-refractivity contribution in [2.24, 2.45) is 0 Å². The molecular formula is C17H17F2NO5. The summed E-state index contributed by atoms with van der Waals surface area (Å²) in [5.74, 6) is -3.05. The average molecular weight is 353 g/mol. The van der Waals surface area contributed by atoms with Crippen molar-refractivity contribution < 1.29 is 32.6 Å². The predicted molar refractivity (Wildman–Crippen MR) is 83.3 cm³/mol. The van der Waals surface area contributed by atoms with E-state index in [1.807, 2.05) is 0 Å². The van der Waals surface area contributed by atoms with E-state index in [0.717, 1.165) is 12.1 Å². The molecule has 2 aromatic rings. The normalized spacial score (nSPS) is 11.9. The number of carboxylic acids is 1. The number of aromatic carboxylic acids is 1. The Morgan fingerprint density at radius 3 is 2.52 bits per heavy atom. The molecule has 1 atom stereocenters. The van der Waals surface area contributed by atoms with Gasteiger partial charge in [0.25, 0.3) is 5.91 Å². The van der Waals surface area contributed by atoms with Crippen molar-refractivity contribution in [1.82, 2.24) is 4.90 Å². The first kappa shape index (κ1) is 18.4. The maximum absolute atomic E-state index is 13.2. The molecule has 6 nitrogen and oxygen atoms in total. The van der Waals surface area contributed by atoms with Gasteiger partial charge >= 0.3 is 5.97 Å². The van der Waals surface area contributed by atoms with Gasteiger partial charge in [-0.2, -0.15) is 0 Å². The van der Waals surface area contributed by atoms with Crippen LogP contribution in [0.3, 0.4) is 0 Å². The van der Waals surface area contributed by atoms with E-state index < -0.39 is 29.6 Å². The first-order valence-electron chi connectivity index (χ1n) is 7.38. The molecule has 8 heteroatoms. The van der Waals surface area contributed by atoms with Gasteiger partial charge in [-0.25, -0.2) is 13.6 Å². The number of hydrogen-bond acceptors (Lipinski definition) is 4. The van der Waals surface area contributed by atoms with Crippen LogP contribution in [0.1, 0.15) is 28.8 Å². The summed E-state index contributed by atoms with van der Waals surface area (Å²) in [4.78, 5) is 24.6. The van der Waals surface area contributed by atoms with Crippen LogP contribution in [0.25, 0.3) is 0 Å². The number of rotatable bonds is 6. The minimum atomic E-state index is -1.11. The van der Waals surface area contributed by atoms with E-state index in [4.69, 9.17) is 14.3 Å². The summed E-state index contributed by atoms with van der Waals surface area (Å²) in [5, 5.41) is 9.00. The summed E-state index contributed by atoms with van der Waals surface area (Å²) in [6.07, 6.45) is -0.954. The Hall–Kier alpha value is -2.90. The van der Waals surface area contributed by atoms with E-state index >= 15 is 0 Å². The molecule has 1 N–H and O–H groups in total. The third kappa shape index (κ3) is 4.34. The van der Waals surface area contributed by atoms with Crippen LogP contribution in [0.5, 0.6) is 5.75 Å². The molecule has 2 rings (SSSR count). The van der Waals surface area contributed by atoms with E-state index in [1.165, 1.54) is 37.9 Å². The molecule has 0 aliphatic carbocycles. The lowest BCUT2D eigenvalue weighted by atomic mass is 10.2. The minimum Gasteiger partial charge on any atom is -0.481 e. The van der Waals surface area contributed by atoms with Crippen LogP contribution < -0.4 is 4.74 Å². The highest BCUT2D eigenvalue weighted by atomic mass is 19.2. The molecule has 1 amide bonds. The van der Waals surface area contributed by atoms with E-state index in [0.29, 0.717) is 5.76 Å². The Morgan fingerprint density at radius 2 is 1.96 bits per heavy atom. The third-order valence-corrected chi connectivity index (χ3v) is 3.52. The molecule has 1 aromatic heterocycles. The van der Waals surface area contributed by atoms with Gasteiger partial charge in [0.2, 0.25) is 0 Å². The van der Waals surface area contributed by atoms with Crippen molar-refractivity contribution in [3.63, 3.8) is 0 Å². The Balaban J connectivity index is 2.02. The number of carbonyl (C=O) groups is 2. The second-order valence-electron chi connectivity index (χ2n) is 5.52. The van der Waals surface area contributed by atoms with E-state index in [-0.39, 0.29) is 23.6 Å². The number of ether oxygens (including phenoxy) is 1. The van der Waals surface area contributed by atoms with Gasteiger partial charge in [-0.3, -0.25) is 4.79 Å². The van der Waals surface area contributed by atoms with Crippen molar-refractivity contribution in [1.29, 1.82) is 0 Å². The lowest BCUT2D eigenvalue weighted by Gasteiger charge is -2.21. The molecule has 0 saturated carbocycles. The van der Waals surface area contributed by atoms with Crippen molar-refractivity contribution in [2.45, 2.75) is 26.5 Å². The number of carboxylic acid groups (broad SMARTS) is 1. The molecule has 0 bridgehead atoms. The predicted octanol–water partition coefficient (Wildman–Crippen LogP) is 2.99. The van der Waals surface area contributed by atoms with Crippen LogP contribution in [-0.2, 0) is 11.3 Å². The summed E-state index contributed by atoms with van der Waals surface area (Å²) in [5.41, 5.74) is 0.0296. The van der Waals surface area contributed by atoms with Gasteiger partial charge in [0, 0.05) is 13.1 Å². The van der Waals surface area contributed by atoms with Gasteiger partial charge in [0.15, 0.2) is 17.7 Å². The summed E-state index contributed by atoms with van der Waals surface area (Å²) >= 11 is 0. The quantitative estimate of drug-likeness (QED) is 0.864. The monoisotopic (exact) mass is 353 g/mol. The highest BCUT2D eigenvalue weighted by Gasteiger charge is 2.22. The van der Waals surface area contributed by atoms with Crippen molar-refractivity contribution >= 4 is 11.9 Å². The smallest absolute Gasteiger partial charge is 0.339 e. The maximum Gasteiger partial charge on any atom is 0.339 e.